The zero-order valence-electron chi connectivity index (χ0n) is 11.5. The van der Waals surface area contributed by atoms with Crippen LogP contribution in [0.3, 0.4) is 0 Å². The van der Waals surface area contributed by atoms with Crippen LogP contribution in [0.2, 0.25) is 0 Å². The number of aromatic nitrogens is 1. The highest BCUT2D eigenvalue weighted by Gasteiger charge is 2.26. The summed E-state index contributed by atoms with van der Waals surface area (Å²) >= 11 is 0. The first-order chi connectivity index (χ1) is 9.79. The number of oxazole rings is 1. The number of carbonyl (C=O) groups is 1. The lowest BCUT2D eigenvalue weighted by molar-refractivity contribution is -0.384. The minimum Gasteiger partial charge on any atom is -0.431 e. The van der Waals surface area contributed by atoms with Gasteiger partial charge in [0.25, 0.3) is 11.7 Å². The second-order valence-electron chi connectivity index (χ2n) is 4.96. The zero-order chi connectivity index (χ0) is 15.6. The molecule has 3 N–H and O–H groups in total. The fourth-order valence-corrected chi connectivity index (χ4v) is 1.55. The van der Waals surface area contributed by atoms with E-state index in [2.05, 4.69) is 10.3 Å². The molecule has 2 aromatic rings. The number of carbonyl (C=O) groups excluding carboxylic acids is 1. The van der Waals surface area contributed by atoms with Crippen LogP contribution in [0, 0.1) is 10.1 Å². The molecule has 0 radical (unpaired) electrons. The Morgan fingerprint density at radius 2 is 2.00 bits per heavy atom. The fourth-order valence-electron chi connectivity index (χ4n) is 1.55. The van der Waals surface area contributed by atoms with Gasteiger partial charge in [-0.3, -0.25) is 14.9 Å². The monoisotopic (exact) mass is 290 g/mol. The van der Waals surface area contributed by atoms with Gasteiger partial charge in [0.1, 0.15) is 17.5 Å². The Morgan fingerprint density at radius 3 is 2.52 bits per heavy atom. The van der Waals surface area contributed by atoms with E-state index in [1.54, 1.807) is 26.0 Å². The Hall–Kier alpha value is -2.90. The van der Waals surface area contributed by atoms with Gasteiger partial charge in [-0.1, -0.05) is 0 Å². The lowest BCUT2D eigenvalue weighted by Gasteiger charge is -2.20. The van der Waals surface area contributed by atoms with Crippen molar-refractivity contribution in [2.45, 2.75) is 19.4 Å². The van der Waals surface area contributed by atoms with E-state index in [1.807, 2.05) is 0 Å². The van der Waals surface area contributed by atoms with Gasteiger partial charge in [0.05, 0.1) is 4.92 Å². The van der Waals surface area contributed by atoms with Crippen LogP contribution < -0.4 is 11.1 Å². The first kappa shape index (κ1) is 14.5. The van der Waals surface area contributed by atoms with Crippen LogP contribution in [-0.2, 0) is 4.79 Å². The summed E-state index contributed by atoms with van der Waals surface area (Å²) in [6.07, 6.45) is 1.39. The van der Waals surface area contributed by atoms with E-state index in [0.717, 1.165) is 0 Å². The molecule has 1 aromatic heterocycles. The SMILES string of the molecule is CC(C)(Nc1nc(-c2ccc([N+](=O)[O-])cc2)co1)C(N)=O. The zero-order valence-corrected chi connectivity index (χ0v) is 11.5. The van der Waals surface area contributed by atoms with Crippen LogP contribution in [0.4, 0.5) is 11.7 Å². The van der Waals surface area contributed by atoms with E-state index in [9.17, 15) is 14.9 Å². The molecule has 8 heteroatoms. The van der Waals surface area contributed by atoms with Gasteiger partial charge in [0.15, 0.2) is 0 Å². The number of amides is 1. The van der Waals surface area contributed by atoms with E-state index in [1.165, 1.54) is 18.4 Å². The molecular formula is C13H14N4O4. The molecule has 0 aliphatic carbocycles. The maximum atomic E-state index is 11.2. The summed E-state index contributed by atoms with van der Waals surface area (Å²) in [6.45, 7) is 3.20. The highest BCUT2D eigenvalue weighted by molar-refractivity contribution is 5.86. The number of nitrogens with two attached hydrogens (primary N) is 1. The number of anilines is 1. The third-order valence-electron chi connectivity index (χ3n) is 2.91. The molecule has 0 bridgehead atoms. The summed E-state index contributed by atoms with van der Waals surface area (Å²) in [5.41, 5.74) is 5.39. The first-order valence-electron chi connectivity index (χ1n) is 6.08. The van der Waals surface area contributed by atoms with Crippen LogP contribution in [0.15, 0.2) is 34.9 Å². The highest BCUT2D eigenvalue weighted by Crippen LogP contribution is 2.24. The van der Waals surface area contributed by atoms with Gasteiger partial charge in [-0.25, -0.2) is 0 Å². The molecule has 21 heavy (non-hydrogen) atoms. The second-order valence-corrected chi connectivity index (χ2v) is 4.96. The van der Waals surface area contributed by atoms with Crippen LogP contribution in [0.1, 0.15) is 13.8 Å². The number of nitrogens with one attached hydrogen (secondary N) is 1. The predicted molar refractivity (Wildman–Crippen MR) is 75.5 cm³/mol. The average Bonchev–Trinajstić information content (AvgIpc) is 2.86. The number of nitrogens with zero attached hydrogens (tertiary/aromatic N) is 2. The number of nitro groups is 1. The molecule has 0 saturated carbocycles. The van der Waals surface area contributed by atoms with Gasteiger partial charge in [-0.05, 0) is 26.0 Å². The van der Waals surface area contributed by atoms with Crippen molar-refractivity contribution in [1.82, 2.24) is 4.98 Å². The topological polar surface area (TPSA) is 124 Å². The predicted octanol–water partition coefficient (Wildman–Crippen LogP) is 1.93. The van der Waals surface area contributed by atoms with Gasteiger partial charge in [0.2, 0.25) is 5.91 Å². The average molecular weight is 290 g/mol. The maximum Gasteiger partial charge on any atom is 0.295 e. The largest absolute Gasteiger partial charge is 0.431 e. The fraction of sp³-hybridized carbons (Fsp3) is 0.231. The van der Waals surface area contributed by atoms with Crippen molar-refractivity contribution in [2.24, 2.45) is 5.73 Å². The smallest absolute Gasteiger partial charge is 0.295 e. The normalized spacial score (nSPS) is 11.1. The Kier molecular flexibility index (Phi) is 3.62. The molecular weight excluding hydrogens is 276 g/mol. The van der Waals surface area contributed by atoms with Gasteiger partial charge < -0.3 is 15.5 Å². The number of primary amides is 1. The van der Waals surface area contributed by atoms with Crippen molar-refractivity contribution in [3.8, 4) is 11.3 Å². The molecule has 0 aliphatic heterocycles. The lowest BCUT2D eigenvalue weighted by atomic mass is 10.1. The molecule has 0 aliphatic rings. The van der Waals surface area contributed by atoms with E-state index in [4.69, 9.17) is 10.2 Å². The summed E-state index contributed by atoms with van der Waals surface area (Å²) in [5, 5.41) is 13.4. The Labute approximate surface area is 120 Å². The van der Waals surface area contributed by atoms with Crippen LogP contribution >= 0.6 is 0 Å². The molecule has 1 aromatic carbocycles. The van der Waals surface area contributed by atoms with E-state index < -0.39 is 16.4 Å². The molecule has 110 valence electrons. The third kappa shape index (κ3) is 3.16. The quantitative estimate of drug-likeness (QED) is 0.640. The van der Waals surface area contributed by atoms with Crippen molar-refractivity contribution >= 4 is 17.6 Å². The minimum atomic E-state index is -1.00. The minimum absolute atomic E-state index is 0.00421. The number of nitro benzene ring substituents is 1. The number of non-ortho nitro benzene ring substituents is 1. The van der Waals surface area contributed by atoms with Crippen LogP contribution in [0.25, 0.3) is 11.3 Å². The van der Waals surface area contributed by atoms with Gasteiger partial charge in [-0.2, -0.15) is 4.98 Å². The van der Waals surface area contributed by atoms with E-state index in [-0.39, 0.29) is 11.7 Å². The standard InChI is InChI=1S/C13H14N4O4/c1-13(2,11(14)18)16-12-15-10(7-21-12)8-3-5-9(6-4-8)17(19)20/h3-7H,1-2H3,(H2,14,18)(H,15,16). The summed E-state index contributed by atoms with van der Waals surface area (Å²) in [7, 11) is 0. The van der Waals surface area contributed by atoms with Crippen molar-refractivity contribution < 1.29 is 14.1 Å². The second kappa shape index (κ2) is 5.23. The molecule has 2 rings (SSSR count). The molecule has 0 spiro atoms. The Morgan fingerprint density at radius 1 is 1.38 bits per heavy atom. The molecule has 1 amide bonds. The Bertz CT molecular complexity index is 676. The maximum absolute atomic E-state index is 11.2. The summed E-state index contributed by atoms with van der Waals surface area (Å²) in [5.74, 6) is -0.544. The van der Waals surface area contributed by atoms with Gasteiger partial charge >= 0.3 is 0 Å². The van der Waals surface area contributed by atoms with E-state index >= 15 is 0 Å². The van der Waals surface area contributed by atoms with Crippen molar-refractivity contribution in [3.05, 3.63) is 40.6 Å². The van der Waals surface area contributed by atoms with Crippen LogP contribution in [-0.4, -0.2) is 21.4 Å². The number of hydrogen-bond donors (Lipinski definition) is 2. The number of benzene rings is 1. The molecule has 0 saturated heterocycles. The molecule has 0 unspecified atom stereocenters. The Balaban J connectivity index is 2.20. The van der Waals surface area contributed by atoms with Crippen LogP contribution in [0.5, 0.6) is 0 Å². The molecule has 0 fully saturated rings. The summed E-state index contributed by atoms with van der Waals surface area (Å²) in [6, 6.07) is 6.04. The number of hydrogen-bond acceptors (Lipinski definition) is 6. The number of rotatable bonds is 5. The lowest BCUT2D eigenvalue weighted by Crippen LogP contribution is -2.45. The molecule has 0 atom stereocenters. The van der Waals surface area contributed by atoms with E-state index in [0.29, 0.717) is 11.3 Å². The summed E-state index contributed by atoms with van der Waals surface area (Å²) in [4.78, 5) is 25.5. The first-order valence-corrected chi connectivity index (χ1v) is 6.08. The van der Waals surface area contributed by atoms with Gasteiger partial charge in [0, 0.05) is 17.7 Å². The molecule has 1 heterocycles. The van der Waals surface area contributed by atoms with Gasteiger partial charge in [-0.15, -0.1) is 0 Å². The van der Waals surface area contributed by atoms with Crippen molar-refractivity contribution in [3.63, 3.8) is 0 Å². The summed E-state index contributed by atoms with van der Waals surface area (Å²) < 4.78 is 5.22. The highest BCUT2D eigenvalue weighted by atomic mass is 16.6. The van der Waals surface area contributed by atoms with Crippen molar-refractivity contribution in [1.29, 1.82) is 0 Å². The molecule has 8 nitrogen and oxygen atoms in total. The third-order valence-corrected chi connectivity index (χ3v) is 2.91. The van der Waals surface area contributed by atoms with Crippen molar-refractivity contribution in [2.75, 3.05) is 5.32 Å².